The summed E-state index contributed by atoms with van der Waals surface area (Å²) in [6.45, 7) is 0.902. The first-order chi connectivity index (χ1) is 8.85. The van der Waals surface area contributed by atoms with Crippen molar-refractivity contribution in [1.29, 1.82) is 0 Å². The third-order valence-electron chi connectivity index (χ3n) is 2.01. The Morgan fingerprint density at radius 1 is 0.864 bits per heavy atom. The first-order valence-electron chi connectivity index (χ1n) is 5.60. The maximum Gasteiger partial charge on any atom is 1.00 e. The second-order valence-corrected chi connectivity index (χ2v) is 3.67. The third-order valence-corrected chi connectivity index (χ3v) is 2.01. The summed E-state index contributed by atoms with van der Waals surface area (Å²) in [4.78, 5) is 37.9. The number of carboxylic acid groups (broad SMARTS) is 3. The van der Waals surface area contributed by atoms with E-state index >= 15 is 0 Å². The number of carbonyl (C=O) groups is 3. The van der Waals surface area contributed by atoms with Crippen LogP contribution in [0.3, 0.4) is 0 Å². The Kier molecular flexibility index (Phi) is 26.3. The maximum absolute atomic E-state index is 10.6. The molecule has 0 aliphatic rings. The fourth-order valence-electron chi connectivity index (χ4n) is 1.37. The van der Waals surface area contributed by atoms with Crippen molar-refractivity contribution in [3.8, 4) is 0 Å². The van der Waals surface area contributed by atoms with Gasteiger partial charge in [0.1, 0.15) is 6.54 Å². The normalized spacial score (nSPS) is 9.41. The van der Waals surface area contributed by atoms with Crippen molar-refractivity contribution < 1.29 is 127 Å². The van der Waals surface area contributed by atoms with Crippen molar-refractivity contribution in [3.05, 3.63) is 0 Å². The molecule has 0 spiro atoms. The van der Waals surface area contributed by atoms with Crippen molar-refractivity contribution in [2.24, 2.45) is 0 Å². The minimum absolute atomic E-state index is 0. The molecule has 0 bridgehead atoms. The first kappa shape index (κ1) is 31.1. The van der Waals surface area contributed by atoms with Gasteiger partial charge in [-0.25, -0.2) is 0 Å². The molecule has 0 rings (SSSR count). The molecule has 9 nitrogen and oxygen atoms in total. The van der Waals surface area contributed by atoms with Crippen molar-refractivity contribution in [2.75, 3.05) is 39.3 Å². The predicted octanol–water partition coefficient (Wildman–Crippen LogP) is -9.85. The zero-order chi connectivity index (χ0) is 14.8. The van der Waals surface area contributed by atoms with Gasteiger partial charge in [-0.2, -0.15) is 5.06 Å². The Hall–Kier alpha value is 1.29. The van der Waals surface area contributed by atoms with Gasteiger partial charge in [-0.3, -0.25) is 24.1 Å². The Morgan fingerprint density at radius 2 is 1.27 bits per heavy atom. The van der Waals surface area contributed by atoms with Crippen LogP contribution in [0.25, 0.3) is 0 Å². The molecule has 3 N–H and O–H groups in total. The quantitative estimate of drug-likeness (QED) is 0.246. The SMILES string of the molecule is CCON(CCN(CC(=O)O)CC(=O)O)CC(=O)O.[H-].[H-].[H-].[Na+].[Na+].[Na+]. The number of hydroxylamine groups is 2. The molecule has 0 aliphatic heterocycles. The molecular weight excluding hydrogens is 329 g/mol. The number of hydrogen-bond acceptors (Lipinski definition) is 6. The minimum Gasteiger partial charge on any atom is -1.00 e. The molecule has 0 saturated heterocycles. The second-order valence-electron chi connectivity index (χ2n) is 3.67. The molecule has 0 atom stereocenters. The molecule has 0 amide bonds. The summed E-state index contributed by atoms with van der Waals surface area (Å²) in [6, 6.07) is 0. The summed E-state index contributed by atoms with van der Waals surface area (Å²) in [7, 11) is 0. The molecule has 116 valence electrons. The number of aliphatic carboxylic acids is 3. The summed E-state index contributed by atoms with van der Waals surface area (Å²) in [6.07, 6.45) is 0. The predicted molar refractivity (Wildman–Crippen MR) is 65.9 cm³/mol. The largest absolute Gasteiger partial charge is 1.00 e. The number of rotatable bonds is 11. The van der Waals surface area contributed by atoms with Crippen molar-refractivity contribution >= 4 is 17.9 Å². The van der Waals surface area contributed by atoms with Gasteiger partial charge < -0.3 is 19.6 Å². The average Bonchev–Trinajstić information content (AvgIpc) is 2.23. The first-order valence-corrected chi connectivity index (χ1v) is 5.60. The zero-order valence-corrected chi connectivity index (χ0v) is 19.6. The van der Waals surface area contributed by atoms with E-state index in [0.29, 0.717) is 0 Å². The topological polar surface area (TPSA) is 128 Å². The van der Waals surface area contributed by atoms with E-state index in [1.54, 1.807) is 6.92 Å². The summed E-state index contributed by atoms with van der Waals surface area (Å²) < 4.78 is 0. The zero-order valence-electron chi connectivity index (χ0n) is 16.6. The maximum atomic E-state index is 10.6. The summed E-state index contributed by atoms with van der Waals surface area (Å²) in [5, 5.41) is 27.1. The molecule has 0 aromatic carbocycles. The smallest absolute Gasteiger partial charge is 1.00 e. The number of hydrogen-bond donors (Lipinski definition) is 3. The third kappa shape index (κ3) is 19.3. The van der Waals surface area contributed by atoms with E-state index in [2.05, 4.69) is 0 Å². The van der Waals surface area contributed by atoms with Gasteiger partial charge in [0.2, 0.25) is 0 Å². The molecule has 0 heterocycles. The second kappa shape index (κ2) is 18.6. The van der Waals surface area contributed by atoms with Crippen molar-refractivity contribution in [2.45, 2.75) is 6.92 Å². The molecule has 0 unspecified atom stereocenters. The van der Waals surface area contributed by atoms with Crippen LogP contribution in [-0.4, -0.2) is 82.5 Å². The van der Waals surface area contributed by atoms with E-state index < -0.39 is 31.0 Å². The Bertz CT molecular complexity index is 331. The average molecular weight is 350 g/mol. The molecule has 0 radical (unpaired) electrons. The van der Waals surface area contributed by atoms with E-state index in [-0.39, 0.29) is 119 Å². The molecule has 0 aliphatic carbocycles. The van der Waals surface area contributed by atoms with E-state index in [4.69, 9.17) is 20.2 Å². The molecule has 22 heavy (non-hydrogen) atoms. The fraction of sp³-hybridized carbons (Fsp3) is 0.700. The summed E-state index contributed by atoms with van der Waals surface area (Å²) >= 11 is 0. The van der Waals surface area contributed by atoms with Crippen LogP contribution in [-0.2, 0) is 19.2 Å². The van der Waals surface area contributed by atoms with Gasteiger partial charge in [-0.1, -0.05) is 0 Å². The van der Waals surface area contributed by atoms with Gasteiger partial charge >= 0.3 is 107 Å². The van der Waals surface area contributed by atoms with E-state index in [9.17, 15) is 14.4 Å². The Labute approximate surface area is 199 Å². The van der Waals surface area contributed by atoms with Crippen LogP contribution in [0.15, 0.2) is 0 Å². The molecule has 0 aromatic rings. The van der Waals surface area contributed by atoms with Crippen LogP contribution in [0.4, 0.5) is 0 Å². The molecular formula is C10H21N2Na3O7. The van der Waals surface area contributed by atoms with E-state index in [0.717, 1.165) is 5.06 Å². The van der Waals surface area contributed by atoms with E-state index in [1.807, 2.05) is 0 Å². The molecule has 0 aromatic heterocycles. The Morgan fingerprint density at radius 3 is 1.59 bits per heavy atom. The van der Waals surface area contributed by atoms with Crippen LogP contribution in [0.1, 0.15) is 11.2 Å². The summed E-state index contributed by atoms with van der Waals surface area (Å²) in [5.74, 6) is -3.39. The van der Waals surface area contributed by atoms with Crippen molar-refractivity contribution in [1.82, 2.24) is 9.96 Å². The monoisotopic (exact) mass is 350 g/mol. The Balaban J connectivity index is -0.000000108. The van der Waals surface area contributed by atoms with Gasteiger partial charge in [-0.15, -0.1) is 0 Å². The van der Waals surface area contributed by atoms with Crippen molar-refractivity contribution in [3.63, 3.8) is 0 Å². The van der Waals surface area contributed by atoms with Crippen LogP contribution < -0.4 is 88.7 Å². The van der Waals surface area contributed by atoms with Crippen LogP contribution >= 0.6 is 0 Å². The number of nitrogens with zero attached hydrogens (tertiary/aromatic N) is 2. The fourth-order valence-corrected chi connectivity index (χ4v) is 1.37. The molecule has 0 saturated carbocycles. The van der Waals surface area contributed by atoms with Gasteiger partial charge in [0.25, 0.3) is 0 Å². The number of carboxylic acids is 3. The standard InChI is InChI=1S/C10H18N2O7.3Na.3H/c1-2-19-12(7-10(17)18)4-3-11(5-8(13)14)6-9(15)16;;;;;;/h2-7H2,1H3,(H,13,14)(H,15,16)(H,17,18);;;;;;/q;3*+1;3*-1. The van der Waals surface area contributed by atoms with E-state index in [1.165, 1.54) is 4.90 Å². The van der Waals surface area contributed by atoms with Crippen LogP contribution in [0.5, 0.6) is 0 Å². The van der Waals surface area contributed by atoms with Gasteiger partial charge in [0.15, 0.2) is 0 Å². The van der Waals surface area contributed by atoms with Crippen LogP contribution in [0.2, 0.25) is 0 Å². The van der Waals surface area contributed by atoms with Crippen LogP contribution in [0, 0.1) is 0 Å². The van der Waals surface area contributed by atoms with Gasteiger partial charge in [-0.05, 0) is 6.92 Å². The summed E-state index contributed by atoms with van der Waals surface area (Å²) in [5.41, 5.74) is 0. The molecule has 12 heteroatoms. The van der Waals surface area contributed by atoms with Gasteiger partial charge in [0, 0.05) is 13.1 Å². The minimum atomic E-state index is -1.15. The molecule has 0 fully saturated rings. The van der Waals surface area contributed by atoms with Gasteiger partial charge in [0.05, 0.1) is 19.7 Å².